The second-order valence-electron chi connectivity index (χ2n) is 5.72. The zero-order valence-electron chi connectivity index (χ0n) is 11.3. The van der Waals surface area contributed by atoms with Crippen molar-refractivity contribution in [3.8, 4) is 0 Å². The van der Waals surface area contributed by atoms with E-state index in [-0.39, 0.29) is 0 Å². The van der Waals surface area contributed by atoms with Crippen molar-refractivity contribution in [2.75, 3.05) is 33.7 Å². The summed E-state index contributed by atoms with van der Waals surface area (Å²) in [6.45, 7) is 3.78. The Hall–Kier alpha value is -0.510. The molecule has 98 valence electrons. The Balaban J connectivity index is 1.54. The third-order valence-electron chi connectivity index (χ3n) is 4.15. The second-order valence-corrected chi connectivity index (χ2v) is 7.06. The van der Waals surface area contributed by atoms with Gasteiger partial charge in [0.25, 0.3) is 0 Å². The maximum Gasteiger partial charge on any atom is 0.0263 e. The molecule has 2 aliphatic heterocycles. The van der Waals surface area contributed by atoms with E-state index in [4.69, 9.17) is 0 Å². The Morgan fingerprint density at radius 3 is 2.89 bits per heavy atom. The lowest BCUT2D eigenvalue weighted by Crippen LogP contribution is -2.34. The molecule has 2 unspecified atom stereocenters. The van der Waals surface area contributed by atoms with Gasteiger partial charge >= 0.3 is 0 Å². The van der Waals surface area contributed by atoms with Crippen molar-refractivity contribution in [2.24, 2.45) is 0 Å². The summed E-state index contributed by atoms with van der Waals surface area (Å²) in [6, 6.07) is 9.65. The maximum absolute atomic E-state index is 2.65. The molecule has 2 atom stereocenters. The topological polar surface area (TPSA) is 6.48 Å². The van der Waals surface area contributed by atoms with E-state index >= 15 is 0 Å². The molecule has 0 aromatic heterocycles. The first-order valence-electron chi connectivity index (χ1n) is 6.86. The van der Waals surface area contributed by atoms with Crippen LogP contribution in [0.3, 0.4) is 0 Å². The highest BCUT2D eigenvalue weighted by molar-refractivity contribution is 8.00. The van der Waals surface area contributed by atoms with Gasteiger partial charge in [-0.05, 0) is 45.1 Å². The highest BCUT2D eigenvalue weighted by Crippen LogP contribution is 2.37. The van der Waals surface area contributed by atoms with Gasteiger partial charge in [0.05, 0.1) is 0 Å². The summed E-state index contributed by atoms with van der Waals surface area (Å²) in [4.78, 5) is 6.52. The quantitative estimate of drug-likeness (QED) is 0.825. The minimum Gasteiger partial charge on any atom is -0.305 e. The summed E-state index contributed by atoms with van der Waals surface area (Å²) >= 11 is 2.08. The third kappa shape index (κ3) is 2.58. The Kier molecular flexibility index (Phi) is 3.64. The molecule has 3 rings (SSSR count). The van der Waals surface area contributed by atoms with E-state index in [9.17, 15) is 0 Å². The Bertz CT molecular complexity index is 394. The number of nitrogens with zero attached hydrogens (tertiary/aromatic N) is 2. The molecule has 0 radical (unpaired) electrons. The number of benzene rings is 1. The van der Waals surface area contributed by atoms with Crippen molar-refractivity contribution in [3.05, 3.63) is 29.8 Å². The predicted octanol–water partition coefficient (Wildman–Crippen LogP) is 2.34. The van der Waals surface area contributed by atoms with Crippen molar-refractivity contribution < 1.29 is 0 Å². The minimum atomic E-state index is 0.763. The Morgan fingerprint density at radius 2 is 2.17 bits per heavy atom. The first kappa shape index (κ1) is 12.5. The van der Waals surface area contributed by atoms with Gasteiger partial charge in [0.15, 0.2) is 0 Å². The monoisotopic (exact) mass is 262 g/mol. The van der Waals surface area contributed by atoms with Gasteiger partial charge in [0.1, 0.15) is 0 Å². The summed E-state index contributed by atoms with van der Waals surface area (Å²) < 4.78 is 0. The van der Waals surface area contributed by atoms with E-state index in [0.717, 1.165) is 11.3 Å². The van der Waals surface area contributed by atoms with Gasteiger partial charge in [-0.3, -0.25) is 0 Å². The first-order chi connectivity index (χ1) is 8.72. The van der Waals surface area contributed by atoms with Gasteiger partial charge < -0.3 is 9.80 Å². The highest BCUT2D eigenvalue weighted by atomic mass is 32.2. The van der Waals surface area contributed by atoms with Gasteiger partial charge in [-0.25, -0.2) is 0 Å². The number of rotatable bonds is 3. The molecule has 0 bridgehead atoms. The highest BCUT2D eigenvalue weighted by Gasteiger charge is 2.28. The van der Waals surface area contributed by atoms with Crippen LogP contribution in [0.5, 0.6) is 0 Å². The molecule has 1 aromatic rings. The lowest BCUT2D eigenvalue weighted by molar-refractivity contribution is 0.269. The number of hydrogen-bond acceptors (Lipinski definition) is 3. The smallest absolute Gasteiger partial charge is 0.0263 e. The number of thioether (sulfide) groups is 1. The van der Waals surface area contributed by atoms with Crippen molar-refractivity contribution >= 4 is 11.8 Å². The SMILES string of the molecule is CN(C)C1CCN(CC2Cc3ccccc3S2)C1. The molecule has 2 nitrogen and oxygen atoms in total. The van der Waals surface area contributed by atoms with E-state index in [1.165, 1.54) is 37.4 Å². The van der Waals surface area contributed by atoms with Crippen LogP contribution in [0.25, 0.3) is 0 Å². The van der Waals surface area contributed by atoms with Gasteiger partial charge in [0, 0.05) is 29.3 Å². The third-order valence-corrected chi connectivity index (χ3v) is 5.45. The molecule has 0 N–H and O–H groups in total. The van der Waals surface area contributed by atoms with Crippen LogP contribution in [0.2, 0.25) is 0 Å². The van der Waals surface area contributed by atoms with Crippen molar-refractivity contribution in [3.63, 3.8) is 0 Å². The predicted molar refractivity (Wildman–Crippen MR) is 78.3 cm³/mol. The lowest BCUT2D eigenvalue weighted by Gasteiger charge is -2.22. The summed E-state index contributed by atoms with van der Waals surface area (Å²) in [7, 11) is 4.41. The first-order valence-corrected chi connectivity index (χ1v) is 7.73. The van der Waals surface area contributed by atoms with Gasteiger partial charge in [0.2, 0.25) is 0 Å². The average Bonchev–Trinajstić information content (AvgIpc) is 2.94. The van der Waals surface area contributed by atoms with Crippen LogP contribution in [0.4, 0.5) is 0 Å². The Labute approximate surface area is 114 Å². The molecule has 0 spiro atoms. The maximum atomic E-state index is 2.65. The summed E-state index contributed by atoms with van der Waals surface area (Å²) in [5.41, 5.74) is 1.55. The second kappa shape index (κ2) is 5.24. The minimum absolute atomic E-state index is 0.763. The van der Waals surface area contributed by atoms with Crippen LogP contribution in [-0.4, -0.2) is 54.8 Å². The molecule has 0 aliphatic carbocycles. The Morgan fingerprint density at radius 1 is 1.33 bits per heavy atom. The molecule has 1 saturated heterocycles. The lowest BCUT2D eigenvalue weighted by atomic mass is 10.1. The number of fused-ring (bicyclic) bond motifs is 1. The summed E-state index contributed by atoms with van der Waals surface area (Å²) in [5, 5.41) is 0.767. The normalized spacial score (nSPS) is 27.9. The van der Waals surface area contributed by atoms with E-state index in [1.54, 1.807) is 5.56 Å². The van der Waals surface area contributed by atoms with Gasteiger partial charge in [-0.15, -0.1) is 11.8 Å². The van der Waals surface area contributed by atoms with E-state index in [0.29, 0.717) is 0 Å². The van der Waals surface area contributed by atoms with Gasteiger partial charge in [-0.1, -0.05) is 18.2 Å². The van der Waals surface area contributed by atoms with Crippen LogP contribution in [0, 0.1) is 0 Å². The van der Waals surface area contributed by atoms with E-state index < -0.39 is 0 Å². The average molecular weight is 262 g/mol. The standard InChI is InChI=1S/C15H22N2S/c1-16(2)13-7-8-17(10-13)11-14-9-12-5-3-4-6-15(12)18-14/h3-6,13-14H,7-11H2,1-2H3. The molecular formula is C15H22N2S. The fraction of sp³-hybridized carbons (Fsp3) is 0.600. The number of hydrogen-bond donors (Lipinski definition) is 0. The molecule has 1 aromatic carbocycles. The fourth-order valence-electron chi connectivity index (χ4n) is 3.04. The number of likely N-dealkylation sites (N-methyl/N-ethyl adjacent to an activating group) is 1. The summed E-state index contributed by atoms with van der Waals surface area (Å²) in [5.74, 6) is 0. The van der Waals surface area contributed by atoms with Crippen LogP contribution in [-0.2, 0) is 6.42 Å². The summed E-state index contributed by atoms with van der Waals surface area (Å²) in [6.07, 6.45) is 2.58. The largest absolute Gasteiger partial charge is 0.305 e. The van der Waals surface area contributed by atoms with E-state index in [1.807, 2.05) is 0 Å². The molecule has 0 saturated carbocycles. The van der Waals surface area contributed by atoms with E-state index in [2.05, 4.69) is 59.9 Å². The molecule has 0 amide bonds. The molecule has 2 aliphatic rings. The fourth-order valence-corrected chi connectivity index (χ4v) is 4.41. The molecule has 2 heterocycles. The van der Waals surface area contributed by atoms with Crippen molar-refractivity contribution in [2.45, 2.75) is 29.0 Å². The molecular weight excluding hydrogens is 240 g/mol. The number of likely N-dealkylation sites (tertiary alicyclic amines) is 1. The van der Waals surface area contributed by atoms with Crippen LogP contribution < -0.4 is 0 Å². The zero-order valence-corrected chi connectivity index (χ0v) is 12.1. The molecule has 1 fully saturated rings. The van der Waals surface area contributed by atoms with Crippen molar-refractivity contribution in [1.82, 2.24) is 9.80 Å². The van der Waals surface area contributed by atoms with Crippen molar-refractivity contribution in [1.29, 1.82) is 0 Å². The van der Waals surface area contributed by atoms with Crippen LogP contribution in [0.15, 0.2) is 29.2 Å². The van der Waals surface area contributed by atoms with Crippen LogP contribution in [0.1, 0.15) is 12.0 Å². The molecule has 18 heavy (non-hydrogen) atoms. The zero-order chi connectivity index (χ0) is 12.5. The van der Waals surface area contributed by atoms with Crippen LogP contribution >= 0.6 is 11.8 Å². The van der Waals surface area contributed by atoms with Gasteiger partial charge in [-0.2, -0.15) is 0 Å². The molecule has 3 heteroatoms.